The van der Waals surface area contributed by atoms with E-state index < -0.39 is 23.4 Å². The molecular weight excluding hydrogens is 212 g/mol. The fourth-order valence-electron chi connectivity index (χ4n) is 0.992. The molecule has 0 heterocycles. The third kappa shape index (κ3) is 2.21. The first-order valence-electron chi connectivity index (χ1n) is 3.63. The minimum Gasteiger partial charge on any atom is -0.505 e. The minimum atomic E-state index is -0.907. The molecule has 1 aromatic carbocycles. The summed E-state index contributed by atoms with van der Waals surface area (Å²) in [6.45, 7) is 3.32. The summed E-state index contributed by atoms with van der Waals surface area (Å²) in [7, 11) is 0. The Hall–Kier alpha value is -1.13. The average Bonchev–Trinajstić information content (AvgIpc) is 2.12. The second-order valence-electron chi connectivity index (χ2n) is 2.55. The zero-order valence-electron chi connectivity index (χ0n) is 7.21. The molecule has 0 radical (unpaired) electrons. The lowest BCUT2D eigenvalue weighted by Crippen LogP contribution is -2.09. The highest BCUT2D eigenvalue weighted by Crippen LogP contribution is 2.28. The van der Waals surface area contributed by atoms with Crippen molar-refractivity contribution in [1.29, 1.82) is 0 Å². The summed E-state index contributed by atoms with van der Waals surface area (Å²) in [5.41, 5.74) is 5.11. The summed E-state index contributed by atoms with van der Waals surface area (Å²) in [5.74, 6) is -2.40. The third-order valence-electron chi connectivity index (χ3n) is 1.70. The Morgan fingerprint density at radius 2 is 1.86 bits per heavy atom. The number of benzene rings is 1. The highest BCUT2D eigenvalue weighted by Gasteiger charge is 2.16. The molecule has 1 rings (SSSR count). The van der Waals surface area contributed by atoms with Gasteiger partial charge >= 0.3 is 0 Å². The number of phenolic OH excluding ortho intramolecular Hbond substituents is 1. The van der Waals surface area contributed by atoms with Crippen molar-refractivity contribution in [3.63, 3.8) is 0 Å². The standard InChI is InChI=1S/C9H9F2NO.ClH/c1-2-7(12)8-5(10)3-4-6(11)9(8)13;/h2-4,7,13H,1,12H2;1H/t7-;/m0./s1. The smallest absolute Gasteiger partial charge is 0.165 e. The Balaban J connectivity index is 0.00000169. The first kappa shape index (κ1) is 12.9. The highest BCUT2D eigenvalue weighted by molar-refractivity contribution is 5.85. The molecule has 0 unspecified atom stereocenters. The molecule has 0 fully saturated rings. The van der Waals surface area contributed by atoms with Crippen LogP contribution in [0, 0.1) is 11.6 Å². The van der Waals surface area contributed by atoms with Gasteiger partial charge in [-0.15, -0.1) is 19.0 Å². The highest BCUT2D eigenvalue weighted by atomic mass is 35.5. The van der Waals surface area contributed by atoms with Crippen LogP contribution < -0.4 is 5.73 Å². The summed E-state index contributed by atoms with van der Waals surface area (Å²) in [6, 6.07) is 0.841. The molecular formula is C9H10ClF2NO. The Morgan fingerprint density at radius 3 is 2.36 bits per heavy atom. The van der Waals surface area contributed by atoms with Crippen LogP contribution in [0.1, 0.15) is 11.6 Å². The molecule has 0 saturated carbocycles. The first-order valence-corrected chi connectivity index (χ1v) is 3.63. The topological polar surface area (TPSA) is 46.2 Å². The van der Waals surface area contributed by atoms with Crippen molar-refractivity contribution in [2.24, 2.45) is 5.73 Å². The lowest BCUT2D eigenvalue weighted by atomic mass is 10.1. The van der Waals surface area contributed by atoms with E-state index in [1.165, 1.54) is 6.08 Å². The van der Waals surface area contributed by atoms with Crippen molar-refractivity contribution >= 4 is 12.4 Å². The predicted octanol–water partition coefficient (Wildman–Crippen LogP) is 2.28. The van der Waals surface area contributed by atoms with Crippen LogP contribution in [0.2, 0.25) is 0 Å². The van der Waals surface area contributed by atoms with Crippen LogP contribution in [0.15, 0.2) is 24.8 Å². The van der Waals surface area contributed by atoms with E-state index in [0.717, 1.165) is 12.1 Å². The van der Waals surface area contributed by atoms with Crippen molar-refractivity contribution in [3.05, 3.63) is 42.0 Å². The van der Waals surface area contributed by atoms with E-state index in [1.54, 1.807) is 0 Å². The molecule has 3 N–H and O–H groups in total. The van der Waals surface area contributed by atoms with Gasteiger partial charge in [-0.05, 0) is 12.1 Å². The maximum Gasteiger partial charge on any atom is 0.165 e. The fourth-order valence-corrected chi connectivity index (χ4v) is 0.992. The zero-order valence-corrected chi connectivity index (χ0v) is 8.02. The number of hydrogen-bond donors (Lipinski definition) is 2. The molecule has 0 bridgehead atoms. The minimum absolute atomic E-state index is 0. The number of aromatic hydroxyl groups is 1. The molecule has 2 nitrogen and oxygen atoms in total. The predicted molar refractivity (Wildman–Crippen MR) is 52.4 cm³/mol. The molecule has 0 spiro atoms. The van der Waals surface area contributed by atoms with Crippen molar-refractivity contribution in [1.82, 2.24) is 0 Å². The van der Waals surface area contributed by atoms with Crippen molar-refractivity contribution < 1.29 is 13.9 Å². The number of rotatable bonds is 2. The molecule has 0 aliphatic rings. The van der Waals surface area contributed by atoms with Crippen LogP contribution in [0.25, 0.3) is 0 Å². The van der Waals surface area contributed by atoms with Gasteiger partial charge in [-0.1, -0.05) is 6.08 Å². The second kappa shape index (κ2) is 4.93. The lowest BCUT2D eigenvalue weighted by molar-refractivity contribution is 0.415. The fraction of sp³-hybridized carbons (Fsp3) is 0.111. The molecule has 0 amide bonds. The molecule has 0 aliphatic heterocycles. The van der Waals surface area contributed by atoms with E-state index in [9.17, 15) is 8.78 Å². The van der Waals surface area contributed by atoms with Crippen LogP contribution in [0.4, 0.5) is 8.78 Å². The van der Waals surface area contributed by atoms with Gasteiger partial charge < -0.3 is 10.8 Å². The van der Waals surface area contributed by atoms with Crippen LogP contribution >= 0.6 is 12.4 Å². The first-order chi connectivity index (χ1) is 6.07. The van der Waals surface area contributed by atoms with Gasteiger partial charge in [0.1, 0.15) is 5.82 Å². The largest absolute Gasteiger partial charge is 0.505 e. The van der Waals surface area contributed by atoms with E-state index in [1.807, 2.05) is 0 Å². The number of halogens is 3. The van der Waals surface area contributed by atoms with Gasteiger partial charge in [-0.2, -0.15) is 0 Å². The summed E-state index contributed by atoms with van der Waals surface area (Å²) >= 11 is 0. The van der Waals surface area contributed by atoms with Gasteiger partial charge in [0.05, 0.1) is 11.6 Å². The Labute approximate surface area is 86.5 Å². The van der Waals surface area contributed by atoms with E-state index in [4.69, 9.17) is 10.8 Å². The quantitative estimate of drug-likeness (QED) is 0.753. The monoisotopic (exact) mass is 221 g/mol. The van der Waals surface area contributed by atoms with Crippen molar-refractivity contribution in [3.8, 4) is 5.75 Å². The molecule has 1 aromatic rings. The second-order valence-corrected chi connectivity index (χ2v) is 2.55. The van der Waals surface area contributed by atoms with E-state index in [-0.39, 0.29) is 18.0 Å². The van der Waals surface area contributed by atoms with E-state index >= 15 is 0 Å². The van der Waals surface area contributed by atoms with Gasteiger partial charge in [0.2, 0.25) is 0 Å². The summed E-state index contributed by atoms with van der Waals surface area (Å²) < 4.78 is 25.8. The molecule has 0 aliphatic carbocycles. The third-order valence-corrected chi connectivity index (χ3v) is 1.70. The molecule has 5 heteroatoms. The van der Waals surface area contributed by atoms with Crippen molar-refractivity contribution in [2.75, 3.05) is 0 Å². The molecule has 1 atom stereocenters. The lowest BCUT2D eigenvalue weighted by Gasteiger charge is -2.10. The van der Waals surface area contributed by atoms with Gasteiger partial charge in [0, 0.05) is 0 Å². The summed E-state index contributed by atoms with van der Waals surface area (Å²) in [4.78, 5) is 0. The molecule has 14 heavy (non-hydrogen) atoms. The van der Waals surface area contributed by atoms with Gasteiger partial charge in [0.15, 0.2) is 11.6 Å². The SMILES string of the molecule is C=C[C@H](N)c1c(F)ccc(F)c1O.Cl. The Kier molecular flexibility index (Phi) is 4.53. The molecule has 0 saturated heterocycles. The Morgan fingerprint density at radius 1 is 1.36 bits per heavy atom. The van der Waals surface area contributed by atoms with Gasteiger partial charge in [-0.3, -0.25) is 0 Å². The van der Waals surface area contributed by atoms with E-state index in [0.29, 0.717) is 0 Å². The average molecular weight is 222 g/mol. The Bertz CT molecular complexity index is 344. The number of hydrogen-bond acceptors (Lipinski definition) is 2. The van der Waals surface area contributed by atoms with Crippen molar-refractivity contribution in [2.45, 2.75) is 6.04 Å². The zero-order chi connectivity index (χ0) is 10.0. The summed E-state index contributed by atoms with van der Waals surface area (Å²) in [6.07, 6.45) is 1.22. The maximum atomic E-state index is 13.0. The number of nitrogens with two attached hydrogens (primary N) is 1. The van der Waals surface area contributed by atoms with Crippen LogP contribution in [-0.2, 0) is 0 Å². The normalized spacial score (nSPS) is 11.6. The van der Waals surface area contributed by atoms with Crippen LogP contribution in [0.3, 0.4) is 0 Å². The van der Waals surface area contributed by atoms with E-state index in [2.05, 4.69) is 6.58 Å². The van der Waals surface area contributed by atoms with Gasteiger partial charge in [0.25, 0.3) is 0 Å². The maximum absolute atomic E-state index is 13.0. The van der Waals surface area contributed by atoms with Gasteiger partial charge in [-0.25, -0.2) is 8.78 Å². The van der Waals surface area contributed by atoms with Crippen LogP contribution in [0.5, 0.6) is 5.75 Å². The summed E-state index contributed by atoms with van der Waals surface area (Å²) in [5, 5.41) is 9.14. The number of phenols is 1. The molecule has 78 valence electrons. The van der Waals surface area contributed by atoms with Crippen LogP contribution in [-0.4, -0.2) is 5.11 Å². The molecule has 0 aromatic heterocycles.